The van der Waals surface area contributed by atoms with Crippen molar-refractivity contribution in [2.45, 2.75) is 13.8 Å². The first-order valence-electron chi connectivity index (χ1n) is 5.74. The van der Waals surface area contributed by atoms with Crippen LogP contribution in [-0.4, -0.2) is 54.4 Å². The van der Waals surface area contributed by atoms with Crippen molar-refractivity contribution in [1.29, 1.82) is 0 Å². The van der Waals surface area contributed by atoms with Crippen molar-refractivity contribution in [2.75, 3.05) is 37.5 Å². The lowest BCUT2D eigenvalue weighted by molar-refractivity contribution is -0.118. The van der Waals surface area contributed by atoms with Gasteiger partial charge in [0, 0.05) is 28.1 Å². The van der Waals surface area contributed by atoms with E-state index in [0.29, 0.717) is 0 Å². The van der Waals surface area contributed by atoms with E-state index in [1.54, 1.807) is 0 Å². The molecule has 1 aromatic heterocycles. The van der Waals surface area contributed by atoms with Crippen molar-refractivity contribution in [3.8, 4) is 0 Å². The van der Waals surface area contributed by atoms with Gasteiger partial charge >= 0.3 is 0 Å². The number of carbonyl (C=O) groups excluding carboxylic acids is 2. The van der Waals surface area contributed by atoms with Gasteiger partial charge in [-0.05, 0) is 0 Å². The van der Waals surface area contributed by atoms with Gasteiger partial charge < -0.3 is 9.47 Å². The molecule has 110 valence electrons. The van der Waals surface area contributed by atoms with Crippen molar-refractivity contribution in [2.24, 2.45) is 0 Å². The van der Waals surface area contributed by atoms with Crippen LogP contribution >= 0.6 is 0 Å². The summed E-state index contributed by atoms with van der Waals surface area (Å²) in [6.07, 6.45) is 1.22. The monoisotopic (exact) mass is 283 g/mol. The minimum Gasteiger partial charge on any atom is -0.364 e. The second kappa shape index (κ2) is 7.46. The van der Waals surface area contributed by atoms with Crippen LogP contribution in [0, 0.1) is 0 Å². The second-order valence-corrected chi connectivity index (χ2v) is 3.82. The van der Waals surface area contributed by atoms with Gasteiger partial charge in [-0.2, -0.15) is 4.98 Å². The van der Waals surface area contributed by atoms with E-state index in [1.807, 2.05) is 0 Å². The van der Waals surface area contributed by atoms with E-state index in [0.717, 1.165) is 0 Å². The maximum atomic E-state index is 11.5. The Bertz CT molecular complexity index is 442. The number of carbonyl (C=O) groups is 2. The van der Waals surface area contributed by atoms with E-state index >= 15 is 0 Å². The molecule has 1 rings (SSSR count). The first-order chi connectivity index (χ1) is 9.51. The maximum absolute atomic E-state index is 11.5. The molecule has 9 heteroatoms. The molecule has 0 saturated heterocycles. The number of anilines is 2. The van der Waals surface area contributed by atoms with Gasteiger partial charge in [0.2, 0.25) is 23.7 Å². The summed E-state index contributed by atoms with van der Waals surface area (Å²) in [5, 5.41) is 0. The Balaban J connectivity index is 3.10. The molecule has 0 aliphatic heterocycles. The minimum atomic E-state index is -0.287. The van der Waals surface area contributed by atoms with Crippen LogP contribution in [0.5, 0.6) is 0 Å². The number of hydrogen-bond acceptors (Lipinski definition) is 7. The highest BCUT2D eigenvalue weighted by molar-refractivity contribution is 5.91. The number of amides is 2. The molecule has 9 nitrogen and oxygen atoms in total. The molecule has 0 saturated carbocycles. The van der Waals surface area contributed by atoms with Crippen LogP contribution in [0.1, 0.15) is 13.8 Å². The molecule has 0 aliphatic rings. The lowest BCUT2D eigenvalue weighted by Crippen LogP contribution is -2.35. The Labute approximate surface area is 116 Å². The highest BCUT2D eigenvalue weighted by atomic mass is 16.5. The molecule has 2 amide bonds. The van der Waals surface area contributed by atoms with Crippen LogP contribution < -0.4 is 9.80 Å². The average Bonchev–Trinajstić information content (AvgIpc) is 2.41. The number of methoxy groups -OCH3 is 2. The van der Waals surface area contributed by atoms with E-state index in [4.69, 9.17) is 9.47 Å². The Morgan fingerprint density at radius 2 is 1.40 bits per heavy atom. The summed E-state index contributed by atoms with van der Waals surface area (Å²) < 4.78 is 9.83. The van der Waals surface area contributed by atoms with Crippen molar-refractivity contribution in [1.82, 2.24) is 15.0 Å². The Hall–Kier alpha value is -2.13. The number of ether oxygens (including phenoxy) is 2. The largest absolute Gasteiger partial charge is 0.364 e. The van der Waals surface area contributed by atoms with Gasteiger partial charge in [-0.1, -0.05) is 0 Å². The Morgan fingerprint density at radius 1 is 1.00 bits per heavy atom. The lowest BCUT2D eigenvalue weighted by Gasteiger charge is -2.21. The Morgan fingerprint density at radius 3 is 1.70 bits per heavy atom. The van der Waals surface area contributed by atoms with Gasteiger partial charge in [0.25, 0.3) is 0 Å². The van der Waals surface area contributed by atoms with E-state index in [9.17, 15) is 9.59 Å². The highest BCUT2D eigenvalue weighted by Crippen LogP contribution is 2.12. The summed E-state index contributed by atoms with van der Waals surface area (Å²) in [6.45, 7) is 2.73. The standard InChI is InChI=1S/C11H17N5O4/c1-8(17)15(6-19-3)10-12-5-13-11(14-10)16(7-20-4)9(2)18/h5H,6-7H2,1-4H3. The van der Waals surface area contributed by atoms with Crippen LogP contribution in [0.25, 0.3) is 0 Å². The Kier molecular flexibility index (Phi) is 5.94. The number of nitrogens with zero attached hydrogens (tertiary/aromatic N) is 5. The van der Waals surface area contributed by atoms with Gasteiger partial charge in [-0.15, -0.1) is 0 Å². The zero-order valence-electron chi connectivity index (χ0n) is 11.9. The van der Waals surface area contributed by atoms with Crippen molar-refractivity contribution >= 4 is 23.7 Å². The van der Waals surface area contributed by atoms with E-state index in [1.165, 1.54) is 44.2 Å². The summed E-state index contributed by atoms with van der Waals surface area (Å²) in [7, 11) is 2.90. The van der Waals surface area contributed by atoms with Crippen molar-refractivity contribution in [3.63, 3.8) is 0 Å². The second-order valence-electron chi connectivity index (χ2n) is 3.82. The normalized spacial score (nSPS) is 10.2. The molecule has 0 aromatic carbocycles. The van der Waals surface area contributed by atoms with E-state index in [-0.39, 0.29) is 37.2 Å². The highest BCUT2D eigenvalue weighted by Gasteiger charge is 2.19. The first-order valence-corrected chi connectivity index (χ1v) is 5.74. The molecular formula is C11H17N5O4. The van der Waals surface area contributed by atoms with Gasteiger partial charge in [0.15, 0.2) is 0 Å². The first kappa shape index (κ1) is 15.9. The van der Waals surface area contributed by atoms with Crippen LogP contribution in [0.3, 0.4) is 0 Å². The zero-order valence-corrected chi connectivity index (χ0v) is 11.9. The minimum absolute atomic E-state index is 0.00311. The molecular weight excluding hydrogens is 266 g/mol. The molecule has 0 radical (unpaired) electrons. The molecule has 0 unspecified atom stereocenters. The molecule has 0 spiro atoms. The molecule has 0 atom stereocenters. The zero-order chi connectivity index (χ0) is 15.1. The van der Waals surface area contributed by atoms with Crippen molar-refractivity contribution < 1.29 is 19.1 Å². The average molecular weight is 283 g/mol. The van der Waals surface area contributed by atoms with Gasteiger partial charge in [-0.25, -0.2) is 9.97 Å². The fraction of sp³-hybridized carbons (Fsp3) is 0.545. The summed E-state index contributed by atoms with van der Waals surface area (Å²) in [5.74, 6) is -0.367. The smallest absolute Gasteiger partial charge is 0.238 e. The SMILES string of the molecule is COCN(C(C)=O)c1ncnc(N(COC)C(C)=O)n1. The molecule has 1 heterocycles. The molecule has 0 fully saturated rings. The lowest BCUT2D eigenvalue weighted by atomic mass is 10.5. The summed E-state index contributed by atoms with van der Waals surface area (Å²) >= 11 is 0. The number of aromatic nitrogens is 3. The third-order valence-electron chi connectivity index (χ3n) is 2.31. The number of hydrogen-bond donors (Lipinski definition) is 0. The molecule has 1 aromatic rings. The van der Waals surface area contributed by atoms with Crippen LogP contribution in [0.15, 0.2) is 6.33 Å². The summed E-state index contributed by atoms with van der Waals surface area (Å²) in [6, 6.07) is 0. The van der Waals surface area contributed by atoms with E-state index < -0.39 is 0 Å². The molecule has 0 N–H and O–H groups in total. The molecule has 0 bridgehead atoms. The van der Waals surface area contributed by atoms with Crippen LogP contribution in [0.2, 0.25) is 0 Å². The van der Waals surface area contributed by atoms with Crippen LogP contribution in [-0.2, 0) is 19.1 Å². The third kappa shape index (κ3) is 3.93. The van der Waals surface area contributed by atoms with E-state index in [2.05, 4.69) is 15.0 Å². The predicted octanol–water partition coefficient (Wildman–Crippen LogP) is -0.215. The fourth-order valence-corrected chi connectivity index (χ4v) is 1.38. The quantitative estimate of drug-likeness (QED) is 0.666. The number of rotatable bonds is 6. The maximum Gasteiger partial charge on any atom is 0.238 e. The van der Waals surface area contributed by atoms with Crippen molar-refractivity contribution in [3.05, 3.63) is 6.33 Å². The topological polar surface area (TPSA) is 97.8 Å². The van der Waals surface area contributed by atoms with Gasteiger partial charge in [0.1, 0.15) is 19.8 Å². The van der Waals surface area contributed by atoms with Crippen LogP contribution in [0.4, 0.5) is 11.9 Å². The molecule has 20 heavy (non-hydrogen) atoms. The third-order valence-corrected chi connectivity index (χ3v) is 2.31. The fourth-order valence-electron chi connectivity index (χ4n) is 1.38. The summed E-state index contributed by atoms with van der Waals surface area (Å²) in [4.78, 5) is 37.4. The van der Waals surface area contributed by atoms with Gasteiger partial charge in [0.05, 0.1) is 0 Å². The van der Waals surface area contributed by atoms with Gasteiger partial charge in [-0.3, -0.25) is 19.4 Å². The summed E-state index contributed by atoms with van der Waals surface area (Å²) in [5.41, 5.74) is 0. The predicted molar refractivity (Wildman–Crippen MR) is 69.9 cm³/mol. The molecule has 0 aliphatic carbocycles.